The number of aliphatic hydroxyl groups is 1. The van der Waals surface area contributed by atoms with Gasteiger partial charge in [0.15, 0.2) is 0 Å². The van der Waals surface area contributed by atoms with Gasteiger partial charge in [-0.15, -0.1) is 0 Å². The zero-order valence-electron chi connectivity index (χ0n) is 9.06. The van der Waals surface area contributed by atoms with E-state index in [1.807, 2.05) is 0 Å². The van der Waals surface area contributed by atoms with Gasteiger partial charge in [0, 0.05) is 17.1 Å². The predicted molar refractivity (Wildman–Crippen MR) is 67.2 cm³/mol. The van der Waals surface area contributed by atoms with Crippen molar-refractivity contribution in [3.8, 4) is 0 Å². The minimum atomic E-state index is -0.443. The molecule has 0 amide bonds. The number of nitro groups is 1. The number of rotatable bonds is 7. The van der Waals surface area contributed by atoms with Crippen LogP contribution in [0.4, 0.5) is 11.4 Å². The van der Waals surface area contributed by atoms with Crippen LogP contribution < -0.4 is 5.32 Å². The van der Waals surface area contributed by atoms with Crippen LogP contribution in [0.25, 0.3) is 0 Å². The summed E-state index contributed by atoms with van der Waals surface area (Å²) in [5.74, 6) is 0. The normalized spacial score (nSPS) is 10.2. The Morgan fingerprint density at radius 3 is 2.88 bits per heavy atom. The van der Waals surface area contributed by atoms with Crippen LogP contribution in [0.15, 0.2) is 22.7 Å². The zero-order chi connectivity index (χ0) is 12.7. The highest BCUT2D eigenvalue weighted by Crippen LogP contribution is 2.27. The second kappa shape index (κ2) is 7.21. The summed E-state index contributed by atoms with van der Waals surface area (Å²) in [7, 11) is 0. The molecule has 0 unspecified atom stereocenters. The molecule has 2 N–H and O–H groups in total. The maximum atomic E-state index is 10.8. The first-order valence-electron chi connectivity index (χ1n) is 5.01. The molecule has 0 aliphatic heterocycles. The molecule has 0 aromatic heterocycles. The number of ether oxygens (including phenoxy) is 1. The van der Waals surface area contributed by atoms with Crippen LogP contribution in [0.3, 0.4) is 0 Å². The fraction of sp³-hybridized carbons (Fsp3) is 0.400. The molecular weight excluding hydrogens is 292 g/mol. The summed E-state index contributed by atoms with van der Waals surface area (Å²) in [5.41, 5.74) is 0.465. The average Bonchev–Trinajstić information content (AvgIpc) is 2.30. The van der Waals surface area contributed by atoms with Gasteiger partial charge >= 0.3 is 0 Å². The fourth-order valence-electron chi connectivity index (χ4n) is 1.23. The molecule has 0 heterocycles. The smallest absolute Gasteiger partial charge is 0.293 e. The standard InChI is InChI=1S/C10H13BrN2O4/c11-8-1-2-9(10(7-8)13(15)16)12-3-5-17-6-4-14/h1-2,7,12,14H,3-6H2. The molecule has 0 radical (unpaired) electrons. The number of aliphatic hydroxyl groups excluding tert-OH is 1. The van der Waals surface area contributed by atoms with Gasteiger partial charge < -0.3 is 15.2 Å². The first kappa shape index (κ1) is 13.9. The first-order valence-corrected chi connectivity index (χ1v) is 5.81. The van der Waals surface area contributed by atoms with E-state index in [0.717, 1.165) is 0 Å². The molecule has 0 saturated heterocycles. The van der Waals surface area contributed by atoms with E-state index in [1.165, 1.54) is 6.07 Å². The maximum absolute atomic E-state index is 10.8. The zero-order valence-corrected chi connectivity index (χ0v) is 10.6. The lowest BCUT2D eigenvalue weighted by molar-refractivity contribution is -0.384. The lowest BCUT2D eigenvalue weighted by atomic mass is 10.2. The van der Waals surface area contributed by atoms with Gasteiger partial charge in [0.1, 0.15) is 5.69 Å². The second-order valence-electron chi connectivity index (χ2n) is 3.18. The van der Waals surface area contributed by atoms with Gasteiger partial charge in [-0.3, -0.25) is 10.1 Å². The maximum Gasteiger partial charge on any atom is 0.293 e. The van der Waals surface area contributed by atoms with Crippen molar-refractivity contribution in [2.75, 3.05) is 31.7 Å². The van der Waals surface area contributed by atoms with Gasteiger partial charge in [0.05, 0.1) is 24.7 Å². The van der Waals surface area contributed by atoms with Crippen molar-refractivity contribution in [1.29, 1.82) is 0 Å². The monoisotopic (exact) mass is 304 g/mol. The number of hydrogen-bond donors (Lipinski definition) is 2. The Morgan fingerprint density at radius 1 is 1.47 bits per heavy atom. The number of nitrogens with one attached hydrogen (secondary N) is 1. The average molecular weight is 305 g/mol. The van der Waals surface area contributed by atoms with Crippen molar-refractivity contribution in [2.45, 2.75) is 0 Å². The van der Waals surface area contributed by atoms with E-state index in [0.29, 0.717) is 23.3 Å². The number of nitrogens with zero attached hydrogens (tertiary/aromatic N) is 1. The highest BCUT2D eigenvalue weighted by atomic mass is 79.9. The number of nitro benzene ring substituents is 1. The summed E-state index contributed by atoms with van der Waals surface area (Å²) in [6.45, 7) is 1.07. The van der Waals surface area contributed by atoms with Crippen molar-refractivity contribution in [3.05, 3.63) is 32.8 Å². The fourth-order valence-corrected chi connectivity index (χ4v) is 1.58. The van der Waals surface area contributed by atoms with E-state index in [1.54, 1.807) is 12.1 Å². The highest BCUT2D eigenvalue weighted by molar-refractivity contribution is 9.10. The molecule has 1 rings (SSSR count). The molecule has 0 fully saturated rings. The highest BCUT2D eigenvalue weighted by Gasteiger charge is 2.13. The molecule has 0 bridgehead atoms. The molecular formula is C10H13BrN2O4. The lowest BCUT2D eigenvalue weighted by Gasteiger charge is -2.07. The topological polar surface area (TPSA) is 84.6 Å². The molecule has 1 aromatic carbocycles. The van der Waals surface area contributed by atoms with Gasteiger partial charge in [-0.2, -0.15) is 0 Å². The van der Waals surface area contributed by atoms with Gasteiger partial charge in [0.25, 0.3) is 5.69 Å². The molecule has 0 aliphatic rings. The molecule has 94 valence electrons. The summed E-state index contributed by atoms with van der Waals surface area (Å²) >= 11 is 3.18. The van der Waals surface area contributed by atoms with Crippen LogP contribution in [0.2, 0.25) is 0 Å². The summed E-state index contributed by atoms with van der Waals surface area (Å²) in [5, 5.41) is 22.2. The van der Waals surface area contributed by atoms with Gasteiger partial charge in [-0.25, -0.2) is 0 Å². The van der Waals surface area contributed by atoms with Crippen molar-refractivity contribution in [1.82, 2.24) is 0 Å². The lowest BCUT2D eigenvalue weighted by Crippen LogP contribution is -2.12. The van der Waals surface area contributed by atoms with E-state index in [-0.39, 0.29) is 18.9 Å². The number of halogens is 1. The van der Waals surface area contributed by atoms with Gasteiger partial charge in [-0.05, 0) is 12.1 Å². The Bertz CT molecular complexity index is 387. The Morgan fingerprint density at radius 2 is 2.24 bits per heavy atom. The molecule has 17 heavy (non-hydrogen) atoms. The number of hydrogen-bond acceptors (Lipinski definition) is 5. The van der Waals surface area contributed by atoms with Crippen molar-refractivity contribution in [2.24, 2.45) is 0 Å². The third-order valence-electron chi connectivity index (χ3n) is 1.95. The molecule has 0 atom stereocenters. The summed E-state index contributed by atoms with van der Waals surface area (Å²) < 4.78 is 5.70. The molecule has 0 aliphatic carbocycles. The summed E-state index contributed by atoms with van der Waals surface area (Å²) in [6.07, 6.45) is 0. The van der Waals surface area contributed by atoms with Crippen LogP contribution >= 0.6 is 15.9 Å². The minimum absolute atomic E-state index is 0.0153. The minimum Gasteiger partial charge on any atom is -0.394 e. The third kappa shape index (κ3) is 4.68. The van der Waals surface area contributed by atoms with Gasteiger partial charge in [0.2, 0.25) is 0 Å². The summed E-state index contributed by atoms with van der Waals surface area (Å²) in [6, 6.07) is 4.80. The third-order valence-corrected chi connectivity index (χ3v) is 2.45. The van der Waals surface area contributed by atoms with E-state index in [2.05, 4.69) is 21.2 Å². The van der Waals surface area contributed by atoms with E-state index in [4.69, 9.17) is 9.84 Å². The Kier molecular flexibility index (Phi) is 5.88. The van der Waals surface area contributed by atoms with E-state index < -0.39 is 4.92 Å². The van der Waals surface area contributed by atoms with Crippen LogP contribution in [0.5, 0.6) is 0 Å². The molecule has 6 nitrogen and oxygen atoms in total. The Hall–Kier alpha value is -1.18. The number of benzene rings is 1. The molecule has 7 heteroatoms. The molecule has 0 saturated carbocycles. The van der Waals surface area contributed by atoms with Crippen LogP contribution in [-0.2, 0) is 4.74 Å². The Labute approximate surface area is 107 Å². The largest absolute Gasteiger partial charge is 0.394 e. The Balaban J connectivity index is 2.55. The molecule has 0 spiro atoms. The second-order valence-corrected chi connectivity index (χ2v) is 4.10. The van der Waals surface area contributed by atoms with Crippen LogP contribution in [-0.4, -0.2) is 36.4 Å². The SMILES string of the molecule is O=[N+]([O-])c1cc(Br)ccc1NCCOCCO. The van der Waals surface area contributed by atoms with Crippen LogP contribution in [0.1, 0.15) is 0 Å². The van der Waals surface area contributed by atoms with E-state index >= 15 is 0 Å². The van der Waals surface area contributed by atoms with Crippen molar-refractivity contribution >= 4 is 27.3 Å². The van der Waals surface area contributed by atoms with Crippen molar-refractivity contribution in [3.63, 3.8) is 0 Å². The van der Waals surface area contributed by atoms with Gasteiger partial charge in [-0.1, -0.05) is 15.9 Å². The predicted octanol–water partition coefficient (Wildman–Crippen LogP) is 1.78. The summed E-state index contributed by atoms with van der Waals surface area (Å²) in [4.78, 5) is 10.3. The number of anilines is 1. The first-order chi connectivity index (χ1) is 8.15. The quantitative estimate of drug-likeness (QED) is 0.456. The van der Waals surface area contributed by atoms with Crippen molar-refractivity contribution < 1.29 is 14.8 Å². The molecule has 1 aromatic rings. The van der Waals surface area contributed by atoms with E-state index in [9.17, 15) is 10.1 Å². The van der Waals surface area contributed by atoms with Crippen LogP contribution in [0, 0.1) is 10.1 Å².